The number of amides is 1. The molecule has 1 aromatic carbocycles. The first-order valence-corrected chi connectivity index (χ1v) is 7.05. The summed E-state index contributed by atoms with van der Waals surface area (Å²) in [4.78, 5) is 16.4. The van der Waals surface area contributed by atoms with Gasteiger partial charge in [-0.05, 0) is 25.2 Å². The maximum absolute atomic E-state index is 12.2. The van der Waals surface area contributed by atoms with Crippen LogP contribution in [0, 0.1) is 5.92 Å². The third-order valence-corrected chi connectivity index (χ3v) is 4.18. The minimum absolute atomic E-state index is 0.000662. The molecule has 2 aromatic rings. The summed E-state index contributed by atoms with van der Waals surface area (Å²) in [5, 5.41) is 6.06. The van der Waals surface area contributed by atoms with Gasteiger partial charge in [0.05, 0.1) is 34.9 Å². The van der Waals surface area contributed by atoms with Gasteiger partial charge in [0.25, 0.3) is 0 Å². The largest absolute Gasteiger partial charge is 0.379 e. The van der Waals surface area contributed by atoms with Crippen molar-refractivity contribution in [2.75, 3.05) is 25.6 Å². The Morgan fingerprint density at radius 2 is 2.37 bits per heavy atom. The van der Waals surface area contributed by atoms with Crippen molar-refractivity contribution in [2.24, 2.45) is 5.92 Å². The molecule has 1 fully saturated rings. The minimum Gasteiger partial charge on any atom is -0.379 e. The van der Waals surface area contributed by atoms with Crippen LogP contribution in [0.25, 0.3) is 10.2 Å². The van der Waals surface area contributed by atoms with Crippen molar-refractivity contribution in [1.29, 1.82) is 0 Å². The number of hydrogen-bond donors (Lipinski definition) is 2. The normalized spacial score (nSPS) is 22.8. The Bertz CT molecular complexity index is 598. The number of thiazole rings is 1. The highest BCUT2D eigenvalue weighted by molar-refractivity contribution is 7.16. The molecule has 2 unspecified atom stereocenters. The fourth-order valence-electron chi connectivity index (χ4n) is 2.27. The summed E-state index contributed by atoms with van der Waals surface area (Å²) in [6.07, 6.45) is 0. The van der Waals surface area contributed by atoms with E-state index in [1.54, 1.807) is 16.8 Å². The topological polar surface area (TPSA) is 63.2 Å². The van der Waals surface area contributed by atoms with Crippen molar-refractivity contribution < 1.29 is 9.53 Å². The van der Waals surface area contributed by atoms with Gasteiger partial charge in [-0.25, -0.2) is 4.98 Å². The van der Waals surface area contributed by atoms with Crippen LogP contribution in [0.2, 0.25) is 0 Å². The molecule has 0 spiro atoms. The third kappa shape index (κ3) is 2.47. The number of likely N-dealkylation sites (N-methyl/N-ethyl adjacent to an activating group) is 1. The van der Waals surface area contributed by atoms with Crippen molar-refractivity contribution in [3.8, 4) is 0 Å². The highest BCUT2D eigenvalue weighted by atomic mass is 32.1. The summed E-state index contributed by atoms with van der Waals surface area (Å²) in [5.41, 5.74) is 3.57. The summed E-state index contributed by atoms with van der Waals surface area (Å²) < 4.78 is 6.42. The van der Waals surface area contributed by atoms with Crippen LogP contribution in [0.4, 0.5) is 5.69 Å². The summed E-state index contributed by atoms with van der Waals surface area (Å²) >= 11 is 1.57. The Balaban J connectivity index is 1.74. The molecule has 2 heterocycles. The molecule has 1 aliphatic rings. The molecular formula is C13H15N3O2S. The molecule has 1 amide bonds. The summed E-state index contributed by atoms with van der Waals surface area (Å²) in [6.45, 7) is 1.06. The number of benzene rings is 1. The van der Waals surface area contributed by atoms with E-state index in [9.17, 15) is 4.79 Å². The Morgan fingerprint density at radius 1 is 1.47 bits per heavy atom. The molecule has 0 aliphatic carbocycles. The molecule has 0 bridgehead atoms. The van der Waals surface area contributed by atoms with Gasteiger partial charge in [-0.1, -0.05) is 0 Å². The van der Waals surface area contributed by atoms with E-state index in [2.05, 4.69) is 15.6 Å². The number of carbonyl (C=O) groups excluding carboxylic acids is 1. The van der Waals surface area contributed by atoms with E-state index >= 15 is 0 Å². The summed E-state index contributed by atoms with van der Waals surface area (Å²) in [6, 6.07) is 5.84. The zero-order valence-electron chi connectivity index (χ0n) is 10.6. The lowest BCUT2D eigenvalue weighted by atomic mass is 10.0. The van der Waals surface area contributed by atoms with Crippen LogP contribution < -0.4 is 10.6 Å². The summed E-state index contributed by atoms with van der Waals surface area (Å²) in [5.74, 6) is -0.136. The first-order valence-electron chi connectivity index (χ1n) is 6.17. The molecule has 5 nitrogen and oxygen atoms in total. The molecule has 100 valence electrons. The molecule has 6 heteroatoms. The molecule has 0 radical (unpaired) electrons. The van der Waals surface area contributed by atoms with Crippen LogP contribution in [-0.2, 0) is 9.53 Å². The monoisotopic (exact) mass is 277 g/mol. The smallest absolute Gasteiger partial charge is 0.231 e. The fourth-order valence-corrected chi connectivity index (χ4v) is 2.98. The SMILES string of the molecule is CNC1COCC1C(=O)Nc1ccc2ncsc2c1. The molecule has 2 atom stereocenters. The Morgan fingerprint density at radius 3 is 3.21 bits per heavy atom. The maximum Gasteiger partial charge on any atom is 0.231 e. The highest BCUT2D eigenvalue weighted by Gasteiger charge is 2.32. The third-order valence-electron chi connectivity index (χ3n) is 3.39. The van der Waals surface area contributed by atoms with Gasteiger partial charge in [-0.2, -0.15) is 0 Å². The number of ether oxygens (including phenoxy) is 1. The van der Waals surface area contributed by atoms with Crippen molar-refractivity contribution in [3.63, 3.8) is 0 Å². The molecular weight excluding hydrogens is 262 g/mol. The van der Waals surface area contributed by atoms with Crippen LogP contribution >= 0.6 is 11.3 Å². The van der Waals surface area contributed by atoms with Gasteiger partial charge in [-0.3, -0.25) is 4.79 Å². The van der Waals surface area contributed by atoms with Crippen LogP contribution in [0.5, 0.6) is 0 Å². The second-order valence-electron chi connectivity index (χ2n) is 4.56. The number of hydrogen-bond acceptors (Lipinski definition) is 5. The van der Waals surface area contributed by atoms with Gasteiger partial charge in [0.15, 0.2) is 0 Å². The van der Waals surface area contributed by atoms with Gasteiger partial charge >= 0.3 is 0 Å². The quantitative estimate of drug-likeness (QED) is 0.892. The van der Waals surface area contributed by atoms with Crippen molar-refractivity contribution in [1.82, 2.24) is 10.3 Å². The Kier molecular flexibility index (Phi) is 3.46. The Labute approximate surface area is 115 Å². The molecule has 19 heavy (non-hydrogen) atoms. The predicted molar refractivity (Wildman–Crippen MR) is 75.4 cm³/mol. The Hall–Kier alpha value is -1.50. The van der Waals surface area contributed by atoms with Crippen molar-refractivity contribution in [3.05, 3.63) is 23.7 Å². The lowest BCUT2D eigenvalue weighted by Gasteiger charge is -2.16. The van der Waals surface area contributed by atoms with Gasteiger partial charge < -0.3 is 15.4 Å². The number of aromatic nitrogens is 1. The average molecular weight is 277 g/mol. The van der Waals surface area contributed by atoms with Gasteiger partial charge in [0.1, 0.15) is 0 Å². The molecule has 1 aromatic heterocycles. The minimum atomic E-state index is -0.137. The maximum atomic E-state index is 12.2. The van der Waals surface area contributed by atoms with E-state index in [-0.39, 0.29) is 17.9 Å². The fraction of sp³-hybridized carbons (Fsp3) is 0.385. The number of nitrogens with zero attached hydrogens (tertiary/aromatic N) is 1. The van der Waals surface area contributed by atoms with Gasteiger partial charge in [0, 0.05) is 11.7 Å². The van der Waals surface area contributed by atoms with E-state index in [0.717, 1.165) is 15.9 Å². The number of nitrogens with one attached hydrogen (secondary N) is 2. The van der Waals surface area contributed by atoms with E-state index in [1.807, 2.05) is 25.2 Å². The number of rotatable bonds is 3. The first-order chi connectivity index (χ1) is 9.28. The van der Waals surface area contributed by atoms with Crippen LogP contribution in [0.1, 0.15) is 0 Å². The predicted octanol–water partition coefficient (Wildman–Crippen LogP) is 1.47. The van der Waals surface area contributed by atoms with E-state index in [4.69, 9.17) is 4.74 Å². The van der Waals surface area contributed by atoms with Gasteiger partial charge in [-0.15, -0.1) is 11.3 Å². The second-order valence-corrected chi connectivity index (χ2v) is 5.45. The number of anilines is 1. The first kappa shape index (κ1) is 12.5. The van der Waals surface area contributed by atoms with E-state index in [0.29, 0.717) is 13.2 Å². The zero-order valence-corrected chi connectivity index (χ0v) is 11.4. The molecule has 1 saturated heterocycles. The number of carbonyl (C=O) groups is 1. The number of fused-ring (bicyclic) bond motifs is 1. The second kappa shape index (κ2) is 5.24. The lowest BCUT2D eigenvalue weighted by molar-refractivity contribution is -0.120. The molecule has 2 N–H and O–H groups in total. The zero-order chi connectivity index (χ0) is 13.2. The highest BCUT2D eigenvalue weighted by Crippen LogP contribution is 2.23. The molecule has 1 aliphatic heterocycles. The van der Waals surface area contributed by atoms with Crippen LogP contribution in [0.15, 0.2) is 23.7 Å². The van der Waals surface area contributed by atoms with E-state index < -0.39 is 0 Å². The molecule has 0 saturated carbocycles. The molecule has 3 rings (SSSR count). The van der Waals surface area contributed by atoms with Crippen molar-refractivity contribution >= 4 is 33.1 Å². The van der Waals surface area contributed by atoms with E-state index in [1.165, 1.54) is 0 Å². The standard InChI is InChI=1S/C13H15N3O2S/c1-14-11-6-18-5-9(11)13(17)16-8-2-3-10-12(4-8)19-7-15-10/h2-4,7,9,11,14H,5-6H2,1H3,(H,16,17). The van der Waals surface area contributed by atoms with Crippen LogP contribution in [0.3, 0.4) is 0 Å². The summed E-state index contributed by atoms with van der Waals surface area (Å²) in [7, 11) is 1.85. The lowest BCUT2D eigenvalue weighted by Crippen LogP contribution is -2.39. The van der Waals surface area contributed by atoms with Crippen LogP contribution in [-0.4, -0.2) is 37.2 Å². The van der Waals surface area contributed by atoms with Crippen molar-refractivity contribution in [2.45, 2.75) is 6.04 Å². The van der Waals surface area contributed by atoms with Gasteiger partial charge in [0.2, 0.25) is 5.91 Å². The average Bonchev–Trinajstić information content (AvgIpc) is 3.06.